The molecule has 3 amide bonds. The van der Waals surface area contributed by atoms with Crippen LogP contribution in [0.5, 0.6) is 0 Å². The third-order valence-electron chi connectivity index (χ3n) is 7.84. The van der Waals surface area contributed by atoms with E-state index >= 15 is 0 Å². The molecule has 3 heterocycles. The second-order valence-electron chi connectivity index (χ2n) is 10.3. The fraction of sp³-hybridized carbons (Fsp3) is 0.600. The third kappa shape index (κ3) is 3.80. The van der Waals surface area contributed by atoms with E-state index in [0.717, 1.165) is 37.0 Å². The predicted octanol–water partition coefficient (Wildman–Crippen LogP) is 0.808. The number of aromatic nitrogens is 2. The topological polar surface area (TPSA) is 96.6 Å². The summed E-state index contributed by atoms with van der Waals surface area (Å²) in [5.74, 6) is -0.0212. The number of carbonyl (C=O) groups excluding carboxylic acids is 3. The number of benzene rings is 1. The lowest BCUT2D eigenvalue weighted by Gasteiger charge is -2.27. The van der Waals surface area contributed by atoms with Gasteiger partial charge in [0.1, 0.15) is 12.6 Å². The first-order valence-electron chi connectivity index (χ1n) is 12.3. The van der Waals surface area contributed by atoms with Gasteiger partial charge in [-0.05, 0) is 42.7 Å². The summed E-state index contributed by atoms with van der Waals surface area (Å²) in [4.78, 5) is 55.1. The average molecular weight is 468 g/mol. The van der Waals surface area contributed by atoms with E-state index in [1.807, 2.05) is 43.0 Å². The van der Waals surface area contributed by atoms with Gasteiger partial charge in [-0.15, -0.1) is 0 Å². The number of piperidine rings is 1. The van der Waals surface area contributed by atoms with Crippen LogP contribution in [0.1, 0.15) is 26.7 Å². The molecular weight excluding hydrogens is 434 g/mol. The van der Waals surface area contributed by atoms with E-state index in [0.29, 0.717) is 13.1 Å². The molecule has 0 radical (unpaired) electrons. The number of fused-ring (bicyclic) bond motifs is 2. The van der Waals surface area contributed by atoms with Gasteiger partial charge in [0.05, 0.1) is 11.0 Å². The Kier molecular flexibility index (Phi) is 5.73. The van der Waals surface area contributed by atoms with Gasteiger partial charge in [0, 0.05) is 39.1 Å². The molecule has 182 valence electrons. The van der Waals surface area contributed by atoms with Gasteiger partial charge in [-0.25, -0.2) is 4.79 Å². The molecule has 2 aliphatic heterocycles. The van der Waals surface area contributed by atoms with Gasteiger partial charge in [0.15, 0.2) is 0 Å². The Labute approximate surface area is 198 Å². The van der Waals surface area contributed by atoms with Crippen molar-refractivity contribution in [2.45, 2.75) is 39.3 Å². The van der Waals surface area contributed by atoms with Crippen LogP contribution in [0.3, 0.4) is 0 Å². The highest BCUT2D eigenvalue weighted by molar-refractivity contribution is 5.91. The van der Waals surface area contributed by atoms with Gasteiger partial charge in [-0.1, -0.05) is 26.0 Å². The molecule has 9 heteroatoms. The van der Waals surface area contributed by atoms with Crippen molar-refractivity contribution in [1.82, 2.24) is 24.3 Å². The molecule has 9 nitrogen and oxygen atoms in total. The molecule has 1 N–H and O–H groups in total. The van der Waals surface area contributed by atoms with Crippen molar-refractivity contribution in [2.24, 2.45) is 30.7 Å². The molecule has 3 aliphatic rings. The molecule has 34 heavy (non-hydrogen) atoms. The van der Waals surface area contributed by atoms with E-state index in [2.05, 4.69) is 5.32 Å². The average Bonchev–Trinajstić information content (AvgIpc) is 3.22. The Bertz CT molecular complexity index is 1180. The molecule has 2 saturated heterocycles. The molecule has 2 aromatic rings. The van der Waals surface area contributed by atoms with Crippen molar-refractivity contribution in [3.8, 4) is 0 Å². The van der Waals surface area contributed by atoms with Crippen molar-refractivity contribution in [1.29, 1.82) is 0 Å². The van der Waals surface area contributed by atoms with Crippen molar-refractivity contribution in [3.05, 3.63) is 34.7 Å². The lowest BCUT2D eigenvalue weighted by molar-refractivity contribution is -0.137. The standard InChI is InChI=1S/C25H33N5O4/c1-15(2)22(24(33)28-10-6-7-11-28)26-23(32)21-16-12-29(13-17(16)21)20(31)14-30-19-9-5-4-8-18(19)27(3)25(30)34/h4-5,8-9,15-17,21-22H,6-7,10-14H2,1-3H3,(H,26,32)/t16-,17+,21?,22?. The minimum Gasteiger partial charge on any atom is -0.344 e. The molecule has 4 atom stereocenters. The lowest BCUT2D eigenvalue weighted by atomic mass is 10.0. The Morgan fingerprint density at radius 3 is 2.24 bits per heavy atom. The second kappa shape index (κ2) is 8.60. The van der Waals surface area contributed by atoms with Crippen LogP contribution >= 0.6 is 0 Å². The normalized spacial score (nSPS) is 24.5. The van der Waals surface area contributed by atoms with E-state index in [1.54, 1.807) is 16.5 Å². The Morgan fingerprint density at radius 1 is 1.00 bits per heavy atom. The monoisotopic (exact) mass is 467 g/mol. The number of hydrogen-bond acceptors (Lipinski definition) is 4. The van der Waals surface area contributed by atoms with Crippen LogP contribution in [0, 0.1) is 23.7 Å². The fourth-order valence-corrected chi connectivity index (χ4v) is 5.77. The predicted molar refractivity (Wildman–Crippen MR) is 127 cm³/mol. The minimum absolute atomic E-state index is 0.00372. The first kappa shape index (κ1) is 22.7. The molecule has 3 fully saturated rings. The van der Waals surface area contributed by atoms with E-state index in [9.17, 15) is 19.2 Å². The van der Waals surface area contributed by atoms with Gasteiger partial charge >= 0.3 is 5.69 Å². The van der Waals surface area contributed by atoms with E-state index in [1.165, 1.54) is 4.57 Å². The maximum atomic E-state index is 13.0. The van der Waals surface area contributed by atoms with Crippen molar-refractivity contribution >= 4 is 28.8 Å². The quantitative estimate of drug-likeness (QED) is 0.680. The number of para-hydroxylation sites is 2. The van der Waals surface area contributed by atoms with Crippen molar-refractivity contribution in [3.63, 3.8) is 0 Å². The SMILES string of the molecule is CC(C)C(NC(=O)C1[C@H]2CN(C(=O)Cn3c(=O)n(C)c4ccccc43)C[C@@H]12)C(=O)N1CCCC1. The summed E-state index contributed by atoms with van der Waals surface area (Å²) in [5.41, 5.74) is 1.33. The summed E-state index contributed by atoms with van der Waals surface area (Å²) in [7, 11) is 1.71. The summed E-state index contributed by atoms with van der Waals surface area (Å²) in [6, 6.07) is 6.94. The van der Waals surface area contributed by atoms with Crippen molar-refractivity contribution < 1.29 is 14.4 Å². The van der Waals surface area contributed by atoms with Gasteiger partial charge < -0.3 is 15.1 Å². The number of hydrogen-bond donors (Lipinski definition) is 1. The first-order valence-corrected chi connectivity index (χ1v) is 12.3. The van der Waals surface area contributed by atoms with Gasteiger partial charge in [0.2, 0.25) is 17.7 Å². The molecule has 1 aromatic carbocycles. The molecule has 1 aromatic heterocycles. The first-order chi connectivity index (χ1) is 16.3. The molecule has 5 rings (SSSR count). The maximum absolute atomic E-state index is 13.0. The number of likely N-dealkylation sites (tertiary alicyclic amines) is 2. The number of rotatable bonds is 6. The molecule has 2 unspecified atom stereocenters. The van der Waals surface area contributed by atoms with E-state index in [4.69, 9.17) is 0 Å². The number of nitrogens with zero attached hydrogens (tertiary/aromatic N) is 4. The molecular formula is C25H33N5O4. The lowest BCUT2D eigenvalue weighted by Crippen LogP contribution is -2.51. The van der Waals surface area contributed by atoms with Crippen LogP contribution in [0.15, 0.2) is 29.1 Å². The number of nitrogens with one attached hydrogen (secondary N) is 1. The van der Waals surface area contributed by atoms with Crippen LogP contribution in [0.2, 0.25) is 0 Å². The zero-order valence-corrected chi connectivity index (χ0v) is 20.1. The summed E-state index contributed by atoms with van der Waals surface area (Å²) >= 11 is 0. The number of amides is 3. The van der Waals surface area contributed by atoms with Gasteiger partial charge in [0.25, 0.3) is 0 Å². The highest BCUT2D eigenvalue weighted by Gasteiger charge is 2.60. The summed E-state index contributed by atoms with van der Waals surface area (Å²) in [5, 5.41) is 3.02. The molecule has 0 bridgehead atoms. The number of imidazole rings is 1. The Balaban J connectivity index is 1.19. The highest BCUT2D eigenvalue weighted by Crippen LogP contribution is 2.51. The Hall–Kier alpha value is -3.10. The van der Waals surface area contributed by atoms with E-state index < -0.39 is 6.04 Å². The third-order valence-corrected chi connectivity index (χ3v) is 7.84. The fourth-order valence-electron chi connectivity index (χ4n) is 5.77. The highest BCUT2D eigenvalue weighted by atomic mass is 16.2. The zero-order chi connectivity index (χ0) is 24.1. The van der Waals surface area contributed by atoms with Gasteiger partial charge in [-0.3, -0.25) is 23.5 Å². The molecule has 1 saturated carbocycles. The Morgan fingerprint density at radius 2 is 1.62 bits per heavy atom. The van der Waals surface area contributed by atoms with E-state index in [-0.39, 0.29) is 53.6 Å². The molecule has 1 aliphatic carbocycles. The van der Waals surface area contributed by atoms with Gasteiger partial charge in [-0.2, -0.15) is 0 Å². The maximum Gasteiger partial charge on any atom is 0.329 e. The van der Waals surface area contributed by atoms with Crippen LogP contribution in [-0.2, 0) is 28.0 Å². The smallest absolute Gasteiger partial charge is 0.329 e. The van der Waals surface area contributed by atoms with Crippen LogP contribution in [0.4, 0.5) is 0 Å². The summed E-state index contributed by atoms with van der Waals surface area (Å²) < 4.78 is 3.07. The van der Waals surface area contributed by atoms with Crippen LogP contribution in [-0.4, -0.2) is 68.9 Å². The van der Waals surface area contributed by atoms with Crippen LogP contribution in [0.25, 0.3) is 11.0 Å². The number of carbonyl (C=O) groups is 3. The number of aryl methyl sites for hydroxylation is 1. The summed E-state index contributed by atoms with van der Waals surface area (Å²) in [6.07, 6.45) is 2.04. The van der Waals surface area contributed by atoms with Crippen molar-refractivity contribution in [2.75, 3.05) is 26.2 Å². The minimum atomic E-state index is -0.497. The van der Waals surface area contributed by atoms with Crippen LogP contribution < -0.4 is 11.0 Å². The summed E-state index contributed by atoms with van der Waals surface area (Å²) in [6.45, 7) is 6.49. The second-order valence-corrected chi connectivity index (χ2v) is 10.3. The zero-order valence-electron chi connectivity index (χ0n) is 20.1. The largest absolute Gasteiger partial charge is 0.344 e. The molecule has 0 spiro atoms.